The Bertz CT molecular complexity index is 304. The molecular weight excluding hydrogens is 184 g/mol. The molecule has 0 amide bonds. The second-order valence-electron chi connectivity index (χ2n) is 4.72. The van der Waals surface area contributed by atoms with Gasteiger partial charge in [0.15, 0.2) is 0 Å². The molecule has 3 N–H and O–H groups in total. The van der Waals surface area contributed by atoms with Gasteiger partial charge in [-0.3, -0.25) is 0 Å². The summed E-state index contributed by atoms with van der Waals surface area (Å²) >= 11 is 0. The molecule has 2 heteroatoms. The van der Waals surface area contributed by atoms with Crippen molar-refractivity contribution in [3.63, 3.8) is 0 Å². The van der Waals surface area contributed by atoms with Gasteiger partial charge in [0.1, 0.15) is 0 Å². The first kappa shape index (κ1) is 10.7. The van der Waals surface area contributed by atoms with Gasteiger partial charge in [-0.2, -0.15) is 0 Å². The van der Waals surface area contributed by atoms with Crippen molar-refractivity contribution in [2.75, 3.05) is 13.1 Å². The molecule has 0 aromatic heterocycles. The van der Waals surface area contributed by atoms with Crippen LogP contribution < -0.4 is 11.1 Å². The lowest BCUT2D eigenvalue weighted by molar-refractivity contribution is 0.434. The first-order chi connectivity index (χ1) is 7.26. The second kappa shape index (κ2) is 4.33. The summed E-state index contributed by atoms with van der Waals surface area (Å²) in [6.07, 6.45) is 2.58. The molecule has 1 fully saturated rings. The highest BCUT2D eigenvalue weighted by Gasteiger charge is 2.40. The molecular formula is C13H20N2. The van der Waals surface area contributed by atoms with Crippen LogP contribution in [0.2, 0.25) is 0 Å². The Morgan fingerprint density at radius 3 is 2.53 bits per heavy atom. The fraction of sp³-hybridized carbons (Fsp3) is 0.538. The van der Waals surface area contributed by atoms with Crippen LogP contribution >= 0.6 is 0 Å². The largest absolute Gasteiger partial charge is 0.330 e. The van der Waals surface area contributed by atoms with Crippen molar-refractivity contribution in [1.82, 2.24) is 5.32 Å². The Morgan fingerprint density at radius 2 is 2.00 bits per heavy atom. The van der Waals surface area contributed by atoms with Gasteiger partial charge in [-0.25, -0.2) is 0 Å². The molecule has 0 saturated heterocycles. The van der Waals surface area contributed by atoms with Crippen LogP contribution in [-0.2, 0) is 0 Å². The lowest BCUT2D eigenvalue weighted by Crippen LogP contribution is -2.31. The number of hydrogen-bond donors (Lipinski definition) is 2. The summed E-state index contributed by atoms with van der Waals surface area (Å²) in [7, 11) is 0. The van der Waals surface area contributed by atoms with Crippen LogP contribution in [0.4, 0.5) is 0 Å². The Labute approximate surface area is 91.9 Å². The third-order valence-electron chi connectivity index (χ3n) is 3.47. The predicted octanol–water partition coefficient (Wildman–Crippen LogP) is 2.08. The van der Waals surface area contributed by atoms with E-state index in [1.54, 1.807) is 0 Å². The zero-order valence-corrected chi connectivity index (χ0v) is 9.37. The van der Waals surface area contributed by atoms with Crippen LogP contribution in [0, 0.1) is 5.41 Å². The normalized spacial score (nSPS) is 19.9. The smallest absolute Gasteiger partial charge is 0.0292 e. The Kier molecular flexibility index (Phi) is 3.08. The van der Waals surface area contributed by atoms with E-state index in [0.29, 0.717) is 11.5 Å². The molecule has 15 heavy (non-hydrogen) atoms. The van der Waals surface area contributed by atoms with Crippen molar-refractivity contribution in [2.24, 2.45) is 11.1 Å². The van der Waals surface area contributed by atoms with E-state index in [1.165, 1.54) is 18.4 Å². The molecule has 0 spiro atoms. The highest BCUT2D eigenvalue weighted by Crippen LogP contribution is 2.44. The van der Waals surface area contributed by atoms with Gasteiger partial charge in [-0.1, -0.05) is 30.3 Å². The van der Waals surface area contributed by atoms with Crippen LogP contribution in [0.1, 0.15) is 31.4 Å². The zero-order chi connectivity index (χ0) is 10.7. The topological polar surface area (TPSA) is 38.0 Å². The number of benzene rings is 1. The molecule has 2 nitrogen and oxygen atoms in total. The molecule has 1 aliphatic carbocycles. The molecule has 0 heterocycles. The Balaban J connectivity index is 1.85. The van der Waals surface area contributed by atoms with Crippen LogP contribution in [-0.4, -0.2) is 13.1 Å². The molecule has 0 radical (unpaired) electrons. The quantitative estimate of drug-likeness (QED) is 0.770. The van der Waals surface area contributed by atoms with Gasteiger partial charge < -0.3 is 11.1 Å². The van der Waals surface area contributed by atoms with Gasteiger partial charge >= 0.3 is 0 Å². The van der Waals surface area contributed by atoms with Gasteiger partial charge in [0, 0.05) is 12.6 Å². The maximum absolute atomic E-state index is 5.75. The molecule has 1 unspecified atom stereocenters. The number of nitrogens with two attached hydrogens (primary N) is 1. The van der Waals surface area contributed by atoms with E-state index in [1.807, 2.05) is 0 Å². The van der Waals surface area contributed by atoms with Crippen molar-refractivity contribution in [3.05, 3.63) is 35.9 Å². The minimum Gasteiger partial charge on any atom is -0.330 e. The summed E-state index contributed by atoms with van der Waals surface area (Å²) < 4.78 is 0. The molecule has 82 valence electrons. The summed E-state index contributed by atoms with van der Waals surface area (Å²) in [4.78, 5) is 0. The maximum Gasteiger partial charge on any atom is 0.0292 e. The maximum atomic E-state index is 5.75. The highest BCUT2D eigenvalue weighted by molar-refractivity contribution is 5.18. The first-order valence-electron chi connectivity index (χ1n) is 5.74. The van der Waals surface area contributed by atoms with E-state index in [2.05, 4.69) is 42.6 Å². The Morgan fingerprint density at radius 1 is 1.33 bits per heavy atom. The summed E-state index contributed by atoms with van der Waals surface area (Å²) in [5, 5.41) is 3.57. The minimum absolute atomic E-state index is 0.420. The summed E-state index contributed by atoms with van der Waals surface area (Å²) in [5.74, 6) is 0. The monoisotopic (exact) mass is 204 g/mol. The van der Waals surface area contributed by atoms with Crippen LogP contribution in [0.3, 0.4) is 0 Å². The van der Waals surface area contributed by atoms with Crippen LogP contribution in [0.25, 0.3) is 0 Å². The van der Waals surface area contributed by atoms with Crippen molar-refractivity contribution < 1.29 is 0 Å². The van der Waals surface area contributed by atoms with E-state index < -0.39 is 0 Å². The summed E-state index contributed by atoms with van der Waals surface area (Å²) in [6.45, 7) is 4.09. The Hall–Kier alpha value is -0.860. The average Bonchev–Trinajstić information content (AvgIpc) is 3.08. The first-order valence-corrected chi connectivity index (χ1v) is 5.74. The molecule has 2 rings (SSSR count). The fourth-order valence-corrected chi connectivity index (χ4v) is 1.86. The third-order valence-corrected chi connectivity index (χ3v) is 3.47. The number of hydrogen-bond acceptors (Lipinski definition) is 2. The van der Waals surface area contributed by atoms with Crippen molar-refractivity contribution >= 4 is 0 Å². The average molecular weight is 204 g/mol. The highest BCUT2D eigenvalue weighted by atomic mass is 14.9. The molecule has 0 bridgehead atoms. The number of nitrogens with one attached hydrogen (secondary N) is 1. The van der Waals surface area contributed by atoms with E-state index in [0.717, 1.165) is 13.1 Å². The third kappa shape index (κ3) is 2.58. The fourth-order valence-electron chi connectivity index (χ4n) is 1.86. The molecule has 1 aromatic rings. The van der Waals surface area contributed by atoms with Gasteiger partial charge in [0.25, 0.3) is 0 Å². The minimum atomic E-state index is 0.420. The van der Waals surface area contributed by atoms with Crippen LogP contribution in [0.15, 0.2) is 30.3 Å². The van der Waals surface area contributed by atoms with Gasteiger partial charge in [-0.05, 0) is 37.3 Å². The van der Waals surface area contributed by atoms with E-state index in [9.17, 15) is 0 Å². The summed E-state index contributed by atoms with van der Waals surface area (Å²) in [5.41, 5.74) is 7.53. The summed E-state index contributed by atoms with van der Waals surface area (Å²) in [6, 6.07) is 11.0. The standard InChI is InChI=1S/C13H20N2/c1-11(12-5-3-2-4-6-12)15-10-13(9-14)7-8-13/h2-6,11,15H,7-10,14H2,1H3. The lowest BCUT2D eigenvalue weighted by atomic mass is 10.1. The van der Waals surface area contributed by atoms with Crippen molar-refractivity contribution in [1.29, 1.82) is 0 Å². The van der Waals surface area contributed by atoms with E-state index >= 15 is 0 Å². The van der Waals surface area contributed by atoms with Gasteiger partial charge in [0.05, 0.1) is 0 Å². The zero-order valence-electron chi connectivity index (χ0n) is 9.37. The van der Waals surface area contributed by atoms with E-state index in [4.69, 9.17) is 5.73 Å². The van der Waals surface area contributed by atoms with Crippen molar-refractivity contribution in [3.8, 4) is 0 Å². The molecule has 1 aliphatic rings. The second-order valence-corrected chi connectivity index (χ2v) is 4.72. The molecule has 1 saturated carbocycles. The molecule has 1 aromatic carbocycles. The lowest BCUT2D eigenvalue weighted by Gasteiger charge is -2.19. The van der Waals surface area contributed by atoms with Gasteiger partial charge in [0.2, 0.25) is 0 Å². The van der Waals surface area contributed by atoms with E-state index in [-0.39, 0.29) is 0 Å². The number of rotatable bonds is 5. The van der Waals surface area contributed by atoms with Crippen LogP contribution in [0.5, 0.6) is 0 Å². The SMILES string of the molecule is CC(NCC1(CN)CC1)c1ccccc1. The predicted molar refractivity (Wildman–Crippen MR) is 63.6 cm³/mol. The molecule has 0 aliphatic heterocycles. The van der Waals surface area contributed by atoms with Crippen molar-refractivity contribution in [2.45, 2.75) is 25.8 Å². The molecule has 1 atom stereocenters. The van der Waals surface area contributed by atoms with Gasteiger partial charge in [-0.15, -0.1) is 0 Å².